The Labute approximate surface area is 63.8 Å². The van der Waals surface area contributed by atoms with Crippen molar-refractivity contribution < 1.29 is 0 Å². The first-order valence-corrected chi connectivity index (χ1v) is 4.31. The predicted octanol–water partition coefficient (Wildman–Crippen LogP) is 1.34. The maximum Gasteiger partial charge on any atom is 0.0529 e. The minimum Gasteiger partial charge on any atom is -0.277 e. The van der Waals surface area contributed by atoms with Gasteiger partial charge in [-0.2, -0.15) is 0 Å². The van der Waals surface area contributed by atoms with E-state index in [1.807, 2.05) is 0 Å². The largest absolute Gasteiger partial charge is 0.277 e. The van der Waals surface area contributed by atoms with Gasteiger partial charge in [0, 0.05) is 13.1 Å². The Morgan fingerprint density at radius 2 is 1.30 bits per heavy atom. The quantitative estimate of drug-likeness (QED) is 0.584. The van der Waals surface area contributed by atoms with Gasteiger partial charge in [-0.1, -0.05) is 13.8 Å². The van der Waals surface area contributed by atoms with E-state index in [-0.39, 0.29) is 0 Å². The third-order valence-corrected chi connectivity index (χ3v) is 1.88. The second-order valence-corrected chi connectivity index (χ2v) is 3.07. The number of hydrogen-bond acceptors (Lipinski definition) is 2. The Morgan fingerprint density at radius 3 is 1.60 bits per heavy atom. The molecule has 0 saturated carbocycles. The zero-order valence-corrected chi connectivity index (χ0v) is 7.14. The molecule has 1 saturated heterocycles. The van der Waals surface area contributed by atoms with Gasteiger partial charge in [0.15, 0.2) is 0 Å². The fourth-order valence-electron chi connectivity index (χ4n) is 1.44. The van der Waals surface area contributed by atoms with E-state index in [1.165, 1.54) is 39.3 Å². The highest BCUT2D eigenvalue weighted by Gasteiger charge is 2.20. The Morgan fingerprint density at radius 1 is 0.900 bits per heavy atom. The second-order valence-electron chi connectivity index (χ2n) is 3.07. The molecule has 10 heavy (non-hydrogen) atoms. The molecule has 0 bridgehead atoms. The topological polar surface area (TPSA) is 6.48 Å². The third kappa shape index (κ3) is 1.96. The molecule has 0 aromatic heterocycles. The van der Waals surface area contributed by atoms with Crippen LogP contribution in [0.5, 0.6) is 0 Å². The summed E-state index contributed by atoms with van der Waals surface area (Å²) < 4.78 is 0. The van der Waals surface area contributed by atoms with Crippen molar-refractivity contribution in [3.63, 3.8) is 0 Å². The van der Waals surface area contributed by atoms with E-state index < -0.39 is 0 Å². The van der Waals surface area contributed by atoms with Crippen molar-refractivity contribution in [2.24, 2.45) is 0 Å². The van der Waals surface area contributed by atoms with Crippen molar-refractivity contribution in [1.82, 2.24) is 9.80 Å². The fourth-order valence-corrected chi connectivity index (χ4v) is 1.44. The standard InChI is InChI=1S/C8H18N2/c1-3-5-9-7-10(8-9)6-4-2/h3-8H2,1-2H3. The molecule has 0 spiro atoms. The zero-order valence-electron chi connectivity index (χ0n) is 7.14. The minimum absolute atomic E-state index is 1.21. The van der Waals surface area contributed by atoms with E-state index in [0.717, 1.165) is 0 Å². The molecular formula is C8H18N2. The highest BCUT2D eigenvalue weighted by atomic mass is 15.5. The van der Waals surface area contributed by atoms with Crippen LogP contribution in [-0.4, -0.2) is 36.2 Å². The van der Waals surface area contributed by atoms with E-state index in [2.05, 4.69) is 23.6 Å². The first-order valence-electron chi connectivity index (χ1n) is 4.31. The Balaban J connectivity index is 1.95. The van der Waals surface area contributed by atoms with Crippen LogP contribution in [0.15, 0.2) is 0 Å². The summed E-state index contributed by atoms with van der Waals surface area (Å²) in [6.07, 6.45) is 2.58. The van der Waals surface area contributed by atoms with Crippen LogP contribution in [0.25, 0.3) is 0 Å². The minimum atomic E-state index is 1.21. The number of nitrogens with zero attached hydrogens (tertiary/aromatic N) is 2. The van der Waals surface area contributed by atoms with Gasteiger partial charge in [-0.15, -0.1) is 0 Å². The molecular weight excluding hydrogens is 124 g/mol. The lowest BCUT2D eigenvalue weighted by atomic mass is 10.3. The summed E-state index contributed by atoms with van der Waals surface area (Å²) in [4.78, 5) is 4.96. The van der Waals surface area contributed by atoms with Gasteiger partial charge in [-0.25, -0.2) is 0 Å². The molecule has 0 aliphatic carbocycles. The summed E-state index contributed by atoms with van der Waals surface area (Å²) >= 11 is 0. The fraction of sp³-hybridized carbons (Fsp3) is 1.00. The molecule has 2 nitrogen and oxygen atoms in total. The summed E-state index contributed by atoms with van der Waals surface area (Å²) in [7, 11) is 0. The third-order valence-electron chi connectivity index (χ3n) is 1.88. The van der Waals surface area contributed by atoms with Crippen LogP contribution in [0.1, 0.15) is 26.7 Å². The van der Waals surface area contributed by atoms with Gasteiger partial charge in [-0.3, -0.25) is 9.80 Å². The van der Waals surface area contributed by atoms with Crippen LogP contribution in [0, 0.1) is 0 Å². The molecule has 0 aromatic carbocycles. The summed E-state index contributed by atoms with van der Waals surface area (Å²) in [6.45, 7) is 9.45. The lowest BCUT2D eigenvalue weighted by Crippen LogP contribution is -2.55. The van der Waals surface area contributed by atoms with E-state index in [0.29, 0.717) is 0 Å². The van der Waals surface area contributed by atoms with Gasteiger partial charge in [0.05, 0.1) is 13.3 Å². The van der Waals surface area contributed by atoms with Gasteiger partial charge < -0.3 is 0 Å². The van der Waals surface area contributed by atoms with Gasteiger partial charge in [0.1, 0.15) is 0 Å². The molecule has 0 radical (unpaired) electrons. The monoisotopic (exact) mass is 142 g/mol. The molecule has 0 N–H and O–H groups in total. The van der Waals surface area contributed by atoms with Crippen LogP contribution in [0.2, 0.25) is 0 Å². The molecule has 0 atom stereocenters. The first-order chi connectivity index (χ1) is 4.86. The van der Waals surface area contributed by atoms with Crippen molar-refractivity contribution in [2.45, 2.75) is 26.7 Å². The lowest BCUT2D eigenvalue weighted by molar-refractivity contribution is -0.0289. The maximum absolute atomic E-state index is 2.48. The average molecular weight is 142 g/mol. The first kappa shape index (κ1) is 8.02. The van der Waals surface area contributed by atoms with Crippen molar-refractivity contribution >= 4 is 0 Å². The maximum atomic E-state index is 2.48. The highest BCUT2D eigenvalue weighted by molar-refractivity contribution is 4.68. The number of rotatable bonds is 4. The van der Waals surface area contributed by atoms with Crippen LogP contribution < -0.4 is 0 Å². The Kier molecular flexibility index (Phi) is 3.16. The Hall–Kier alpha value is -0.0800. The SMILES string of the molecule is CCCN1CN(CCC)C1. The molecule has 2 heteroatoms. The predicted molar refractivity (Wildman–Crippen MR) is 43.7 cm³/mol. The summed E-state index contributed by atoms with van der Waals surface area (Å²) in [5, 5.41) is 0. The van der Waals surface area contributed by atoms with Gasteiger partial charge in [0.25, 0.3) is 0 Å². The van der Waals surface area contributed by atoms with E-state index in [9.17, 15) is 0 Å². The molecule has 0 unspecified atom stereocenters. The molecule has 0 amide bonds. The molecule has 60 valence electrons. The molecule has 1 aliphatic rings. The summed E-state index contributed by atoms with van der Waals surface area (Å²) in [5.41, 5.74) is 0. The van der Waals surface area contributed by atoms with Gasteiger partial charge in [0.2, 0.25) is 0 Å². The molecule has 1 aliphatic heterocycles. The van der Waals surface area contributed by atoms with Gasteiger partial charge in [-0.05, 0) is 12.8 Å². The van der Waals surface area contributed by atoms with E-state index in [4.69, 9.17) is 0 Å². The molecule has 0 aromatic rings. The van der Waals surface area contributed by atoms with Gasteiger partial charge >= 0.3 is 0 Å². The summed E-state index contributed by atoms with van der Waals surface area (Å²) in [5.74, 6) is 0. The van der Waals surface area contributed by atoms with Crippen molar-refractivity contribution in [3.05, 3.63) is 0 Å². The molecule has 1 rings (SSSR count). The normalized spacial score (nSPS) is 21.0. The van der Waals surface area contributed by atoms with Crippen LogP contribution in [0.3, 0.4) is 0 Å². The molecule has 1 fully saturated rings. The second kappa shape index (κ2) is 3.94. The molecule has 1 heterocycles. The van der Waals surface area contributed by atoms with Crippen LogP contribution >= 0.6 is 0 Å². The Bertz CT molecular complexity index is 77.3. The van der Waals surface area contributed by atoms with Crippen LogP contribution in [0.4, 0.5) is 0 Å². The van der Waals surface area contributed by atoms with Crippen molar-refractivity contribution in [3.8, 4) is 0 Å². The highest BCUT2D eigenvalue weighted by Crippen LogP contribution is 2.08. The number of hydrogen-bond donors (Lipinski definition) is 0. The van der Waals surface area contributed by atoms with Crippen LogP contribution in [-0.2, 0) is 0 Å². The van der Waals surface area contributed by atoms with E-state index >= 15 is 0 Å². The summed E-state index contributed by atoms with van der Waals surface area (Å²) in [6, 6.07) is 0. The lowest BCUT2D eigenvalue weighted by Gasteiger charge is -2.42. The van der Waals surface area contributed by atoms with Crippen molar-refractivity contribution in [2.75, 3.05) is 26.4 Å². The zero-order chi connectivity index (χ0) is 7.40. The average Bonchev–Trinajstić information content (AvgIpc) is 1.84. The van der Waals surface area contributed by atoms with E-state index in [1.54, 1.807) is 0 Å². The smallest absolute Gasteiger partial charge is 0.0529 e. The van der Waals surface area contributed by atoms with Crippen molar-refractivity contribution in [1.29, 1.82) is 0 Å².